The molecule has 2 rings (SSSR count). The summed E-state index contributed by atoms with van der Waals surface area (Å²) in [6.45, 7) is 2.81. The van der Waals surface area contributed by atoms with Crippen LogP contribution in [0, 0.1) is 6.92 Å². The second-order valence-electron chi connectivity index (χ2n) is 3.41. The molecule has 0 bridgehead atoms. The third kappa shape index (κ3) is 3.11. The molecule has 17 heavy (non-hydrogen) atoms. The highest BCUT2D eigenvalue weighted by Crippen LogP contribution is 2.16. The minimum absolute atomic E-state index is 0.343. The number of aryl methyl sites for hydroxylation is 1. The molecule has 2 aromatic heterocycles. The van der Waals surface area contributed by atoms with E-state index >= 15 is 0 Å². The normalized spacial score (nSPS) is 10.6. The van der Waals surface area contributed by atoms with Crippen LogP contribution in [0.2, 0.25) is 0 Å². The number of aromatic carboxylic acids is 1. The minimum atomic E-state index is -0.895. The summed E-state index contributed by atoms with van der Waals surface area (Å²) < 4.78 is 4.93. The van der Waals surface area contributed by atoms with Crippen LogP contribution in [0.3, 0.4) is 0 Å². The largest absolute Gasteiger partial charge is 0.477 e. The van der Waals surface area contributed by atoms with Gasteiger partial charge in [0.2, 0.25) is 5.89 Å². The number of nitrogens with zero attached hydrogens (tertiary/aromatic N) is 2. The van der Waals surface area contributed by atoms with Gasteiger partial charge in [0.15, 0.2) is 5.82 Å². The molecule has 0 aliphatic rings. The van der Waals surface area contributed by atoms with Gasteiger partial charge in [-0.3, -0.25) is 0 Å². The van der Waals surface area contributed by atoms with Crippen molar-refractivity contribution < 1.29 is 14.4 Å². The average molecular weight is 253 g/mol. The number of nitrogens with one attached hydrogen (secondary N) is 1. The van der Waals surface area contributed by atoms with Gasteiger partial charge in [0.25, 0.3) is 0 Å². The number of hydrogen-bond acceptors (Lipinski definition) is 6. The number of rotatable bonds is 5. The van der Waals surface area contributed by atoms with E-state index in [4.69, 9.17) is 9.63 Å². The topological polar surface area (TPSA) is 88.2 Å². The molecule has 0 saturated carbocycles. The fourth-order valence-corrected chi connectivity index (χ4v) is 2.11. The molecule has 0 amide bonds. The Bertz CT molecular complexity index is 520. The van der Waals surface area contributed by atoms with Gasteiger partial charge >= 0.3 is 5.97 Å². The van der Waals surface area contributed by atoms with Crippen LogP contribution in [-0.4, -0.2) is 21.2 Å². The molecule has 0 unspecified atom stereocenters. The molecule has 0 spiro atoms. The second-order valence-corrected chi connectivity index (χ2v) is 4.58. The third-order valence-electron chi connectivity index (χ3n) is 2.02. The van der Waals surface area contributed by atoms with Crippen LogP contribution in [0.25, 0.3) is 0 Å². The Labute approximate surface area is 101 Å². The summed E-state index contributed by atoms with van der Waals surface area (Å²) in [6.07, 6.45) is 0. The molecule has 90 valence electrons. The van der Waals surface area contributed by atoms with Crippen molar-refractivity contribution in [3.8, 4) is 0 Å². The van der Waals surface area contributed by atoms with Crippen LogP contribution in [0.15, 0.2) is 16.7 Å². The molecule has 7 heteroatoms. The first-order chi connectivity index (χ1) is 8.15. The molecular weight excluding hydrogens is 242 g/mol. The van der Waals surface area contributed by atoms with Gasteiger partial charge in [-0.05, 0) is 19.1 Å². The summed E-state index contributed by atoms with van der Waals surface area (Å²) in [5, 5.41) is 15.5. The maximum absolute atomic E-state index is 10.7. The number of hydrogen-bond donors (Lipinski definition) is 2. The van der Waals surface area contributed by atoms with E-state index in [-0.39, 0.29) is 0 Å². The lowest BCUT2D eigenvalue weighted by Crippen LogP contribution is -2.11. The van der Waals surface area contributed by atoms with Gasteiger partial charge in [0, 0.05) is 11.4 Å². The molecule has 2 aromatic rings. The second kappa shape index (κ2) is 5.07. The number of carboxylic acid groups (broad SMARTS) is 1. The highest BCUT2D eigenvalue weighted by atomic mass is 32.1. The smallest absolute Gasteiger partial charge is 0.345 e. The summed E-state index contributed by atoms with van der Waals surface area (Å²) in [4.78, 5) is 16.0. The van der Waals surface area contributed by atoms with Gasteiger partial charge in [-0.1, -0.05) is 5.16 Å². The lowest BCUT2D eigenvalue weighted by atomic mass is 10.4. The third-order valence-corrected chi connectivity index (χ3v) is 3.09. The van der Waals surface area contributed by atoms with Crippen LogP contribution in [0.5, 0.6) is 0 Å². The van der Waals surface area contributed by atoms with Crippen LogP contribution >= 0.6 is 11.3 Å². The molecule has 2 heterocycles. The summed E-state index contributed by atoms with van der Waals surface area (Å²) in [5.41, 5.74) is 0. The summed E-state index contributed by atoms with van der Waals surface area (Å²) in [5.74, 6) is 0.234. The first-order valence-corrected chi connectivity index (χ1v) is 5.78. The molecule has 0 aliphatic carbocycles. The van der Waals surface area contributed by atoms with E-state index in [2.05, 4.69) is 15.5 Å². The van der Waals surface area contributed by atoms with Gasteiger partial charge in [0.1, 0.15) is 4.88 Å². The Kier molecular flexibility index (Phi) is 3.50. The van der Waals surface area contributed by atoms with Crippen LogP contribution in [0.1, 0.15) is 26.3 Å². The molecule has 0 aliphatic heterocycles. The number of carbonyl (C=O) groups is 1. The number of thiophene rings is 1. The lowest BCUT2D eigenvalue weighted by Gasteiger charge is -1.97. The zero-order valence-electron chi connectivity index (χ0n) is 9.14. The molecule has 0 atom stereocenters. The first kappa shape index (κ1) is 11.7. The van der Waals surface area contributed by atoms with E-state index in [1.54, 1.807) is 19.1 Å². The summed E-state index contributed by atoms with van der Waals surface area (Å²) >= 11 is 1.25. The fraction of sp³-hybridized carbons (Fsp3) is 0.300. The predicted molar refractivity (Wildman–Crippen MR) is 60.9 cm³/mol. The maximum atomic E-state index is 10.7. The quantitative estimate of drug-likeness (QED) is 0.838. The van der Waals surface area contributed by atoms with Crippen molar-refractivity contribution in [1.82, 2.24) is 15.5 Å². The van der Waals surface area contributed by atoms with Crippen molar-refractivity contribution in [3.05, 3.63) is 33.6 Å². The van der Waals surface area contributed by atoms with E-state index in [1.807, 2.05) is 0 Å². The Morgan fingerprint density at radius 1 is 1.53 bits per heavy atom. The lowest BCUT2D eigenvalue weighted by molar-refractivity contribution is 0.0702. The molecular formula is C10H11N3O3S. The van der Waals surface area contributed by atoms with Gasteiger partial charge in [0.05, 0.1) is 6.54 Å². The van der Waals surface area contributed by atoms with E-state index < -0.39 is 5.97 Å². The Morgan fingerprint density at radius 3 is 2.94 bits per heavy atom. The average Bonchev–Trinajstić information content (AvgIpc) is 2.88. The minimum Gasteiger partial charge on any atom is -0.477 e. The van der Waals surface area contributed by atoms with E-state index in [9.17, 15) is 4.79 Å². The monoisotopic (exact) mass is 253 g/mol. The molecule has 6 nitrogen and oxygen atoms in total. The summed E-state index contributed by atoms with van der Waals surface area (Å²) in [7, 11) is 0. The van der Waals surface area contributed by atoms with E-state index in [1.165, 1.54) is 11.3 Å². The van der Waals surface area contributed by atoms with Gasteiger partial charge in [-0.15, -0.1) is 11.3 Å². The highest BCUT2D eigenvalue weighted by molar-refractivity contribution is 7.13. The van der Waals surface area contributed by atoms with E-state index in [0.717, 1.165) is 4.88 Å². The van der Waals surface area contributed by atoms with Gasteiger partial charge < -0.3 is 14.9 Å². The number of aromatic nitrogens is 2. The number of carboxylic acids is 1. The molecule has 0 aromatic carbocycles. The molecule has 2 N–H and O–H groups in total. The predicted octanol–water partition coefficient (Wildman–Crippen LogP) is 1.43. The standard InChI is InChI=1S/C10H11N3O3S/c1-6-12-9(16-13-6)5-11-4-7-2-3-8(17-7)10(14)15/h2-3,11H,4-5H2,1H3,(H,14,15). The van der Waals surface area contributed by atoms with Crippen molar-refractivity contribution in [2.75, 3.05) is 0 Å². The molecule has 0 saturated heterocycles. The van der Waals surface area contributed by atoms with E-state index in [0.29, 0.717) is 29.7 Å². The zero-order chi connectivity index (χ0) is 12.3. The van der Waals surface area contributed by atoms with Crippen LogP contribution in [-0.2, 0) is 13.1 Å². The fourth-order valence-electron chi connectivity index (χ4n) is 1.29. The van der Waals surface area contributed by atoms with Crippen molar-refractivity contribution in [2.45, 2.75) is 20.0 Å². The van der Waals surface area contributed by atoms with Crippen molar-refractivity contribution >= 4 is 17.3 Å². The molecule has 0 radical (unpaired) electrons. The Hall–Kier alpha value is -1.73. The Morgan fingerprint density at radius 2 is 2.35 bits per heavy atom. The molecule has 0 fully saturated rings. The highest BCUT2D eigenvalue weighted by Gasteiger charge is 2.07. The van der Waals surface area contributed by atoms with Crippen LogP contribution < -0.4 is 5.32 Å². The first-order valence-electron chi connectivity index (χ1n) is 4.97. The maximum Gasteiger partial charge on any atom is 0.345 e. The van der Waals surface area contributed by atoms with Crippen molar-refractivity contribution in [3.63, 3.8) is 0 Å². The van der Waals surface area contributed by atoms with Crippen LogP contribution in [0.4, 0.5) is 0 Å². The summed E-state index contributed by atoms with van der Waals surface area (Å²) in [6, 6.07) is 3.39. The Balaban J connectivity index is 1.83. The SMILES string of the molecule is Cc1noc(CNCc2ccc(C(=O)O)s2)n1. The van der Waals surface area contributed by atoms with Gasteiger partial charge in [-0.25, -0.2) is 4.79 Å². The van der Waals surface area contributed by atoms with Crippen molar-refractivity contribution in [1.29, 1.82) is 0 Å². The van der Waals surface area contributed by atoms with Gasteiger partial charge in [-0.2, -0.15) is 4.98 Å². The zero-order valence-corrected chi connectivity index (χ0v) is 9.95. The van der Waals surface area contributed by atoms with Crippen molar-refractivity contribution in [2.24, 2.45) is 0 Å².